The van der Waals surface area contributed by atoms with Crippen LogP contribution in [0.1, 0.15) is 5.56 Å². The zero-order chi connectivity index (χ0) is 13.1. The smallest absolute Gasteiger partial charge is 0.392 e. The Bertz CT molecular complexity index is 482. The number of benzene rings is 1. The van der Waals surface area contributed by atoms with Gasteiger partial charge in [-0.3, -0.25) is 0 Å². The van der Waals surface area contributed by atoms with E-state index in [1.807, 2.05) is 0 Å². The van der Waals surface area contributed by atoms with E-state index >= 15 is 0 Å². The third-order valence-corrected chi connectivity index (χ3v) is 2.31. The van der Waals surface area contributed by atoms with Crippen molar-refractivity contribution in [3.63, 3.8) is 0 Å². The minimum Gasteiger partial charge on any atom is -0.392 e. The first-order chi connectivity index (χ1) is 7.73. The van der Waals surface area contributed by atoms with Crippen LogP contribution >= 0.6 is 0 Å². The summed E-state index contributed by atoms with van der Waals surface area (Å²) in [5.41, 5.74) is 0.0156. The molecular weight excluding hydrogens is 265 g/mol. The van der Waals surface area contributed by atoms with Gasteiger partial charge in [-0.15, -0.1) is 17.4 Å². The van der Waals surface area contributed by atoms with Crippen molar-refractivity contribution in [2.45, 2.75) is 13.0 Å². The van der Waals surface area contributed by atoms with Crippen LogP contribution in [0.4, 0.5) is 13.2 Å². The lowest BCUT2D eigenvalue weighted by Gasteiger charge is -2.10. The molecule has 0 radical (unpaired) electrons. The zero-order valence-electron chi connectivity index (χ0n) is 8.14. The molecule has 0 heterocycles. The average Bonchev–Trinajstić information content (AvgIpc) is 2.14. The molecule has 0 aliphatic heterocycles. The fraction of sp³-hybridized carbons (Fsp3) is 0.250. The van der Waals surface area contributed by atoms with Crippen molar-refractivity contribution in [2.75, 3.05) is 0 Å². The first kappa shape index (κ1) is 13.7. The minimum atomic E-state index is -5.37. The van der Waals surface area contributed by atoms with Crippen molar-refractivity contribution in [1.82, 2.24) is 0 Å². The molecule has 0 unspecified atom stereocenters. The maximum atomic E-state index is 11.7. The summed E-state index contributed by atoms with van der Waals surface area (Å²) < 4.78 is 63.7. The fourth-order valence-electron chi connectivity index (χ4n) is 0.958. The predicted octanol–water partition coefficient (Wildman–Crippen LogP) is 1.34. The van der Waals surface area contributed by atoms with Crippen molar-refractivity contribution in [3.05, 3.63) is 29.8 Å². The lowest BCUT2D eigenvalue weighted by molar-refractivity contribution is -0.274. The van der Waals surface area contributed by atoms with Crippen LogP contribution in [0.3, 0.4) is 0 Å². The number of alkyl halides is 3. The number of aliphatic hydroxyl groups is 1. The average molecular weight is 272 g/mol. The molecule has 17 heavy (non-hydrogen) atoms. The van der Waals surface area contributed by atoms with E-state index in [0.717, 1.165) is 6.07 Å². The fourth-order valence-corrected chi connectivity index (χ4v) is 1.61. The first-order valence-electron chi connectivity index (χ1n) is 4.14. The maximum Gasteiger partial charge on any atom is 0.539 e. The topological polar surface area (TPSA) is 72.8 Å². The maximum absolute atomic E-state index is 11.7. The third-order valence-electron chi connectivity index (χ3n) is 1.53. The van der Waals surface area contributed by atoms with Gasteiger partial charge in [-0.1, -0.05) is 18.2 Å². The Balaban J connectivity index is 2.91. The lowest BCUT2D eigenvalue weighted by atomic mass is 10.2. The van der Waals surface area contributed by atoms with Crippen molar-refractivity contribution in [2.24, 2.45) is 0 Å². The Hall–Kier alpha value is -1.32. The SMILES string of the molecule is O=S(=O)(Oc1ccccc1CO)OC(F)(F)F. The molecule has 1 N–H and O–H groups in total. The summed E-state index contributed by atoms with van der Waals surface area (Å²) in [6, 6.07) is 5.16. The van der Waals surface area contributed by atoms with Gasteiger partial charge in [0.25, 0.3) is 0 Å². The quantitative estimate of drug-likeness (QED) is 0.895. The summed E-state index contributed by atoms with van der Waals surface area (Å²) in [5.74, 6) is -0.431. The van der Waals surface area contributed by atoms with Crippen molar-refractivity contribution in [1.29, 1.82) is 0 Å². The van der Waals surface area contributed by atoms with E-state index in [1.165, 1.54) is 18.2 Å². The Morgan fingerprint density at radius 1 is 1.24 bits per heavy atom. The van der Waals surface area contributed by atoms with Crippen molar-refractivity contribution in [3.8, 4) is 5.75 Å². The van der Waals surface area contributed by atoms with Gasteiger partial charge in [-0.25, -0.2) is 0 Å². The molecule has 5 nitrogen and oxygen atoms in total. The van der Waals surface area contributed by atoms with Crippen molar-refractivity contribution < 1.29 is 35.1 Å². The molecule has 0 aromatic heterocycles. The van der Waals surface area contributed by atoms with Gasteiger partial charge >= 0.3 is 16.8 Å². The van der Waals surface area contributed by atoms with E-state index in [4.69, 9.17) is 5.11 Å². The molecule has 1 rings (SSSR count). The molecule has 0 atom stereocenters. The Morgan fingerprint density at radius 2 is 1.82 bits per heavy atom. The molecule has 1 aromatic carbocycles. The van der Waals surface area contributed by atoms with Gasteiger partial charge in [0.1, 0.15) is 0 Å². The number of para-hydroxylation sites is 1. The van der Waals surface area contributed by atoms with Gasteiger partial charge < -0.3 is 9.29 Å². The second-order valence-electron chi connectivity index (χ2n) is 2.79. The van der Waals surface area contributed by atoms with Gasteiger partial charge in [-0.2, -0.15) is 8.42 Å². The Kier molecular flexibility index (Phi) is 3.96. The zero-order valence-corrected chi connectivity index (χ0v) is 8.96. The summed E-state index contributed by atoms with van der Waals surface area (Å²) in [7, 11) is -5.26. The highest BCUT2D eigenvalue weighted by Crippen LogP contribution is 2.24. The van der Waals surface area contributed by atoms with Gasteiger partial charge in [0.05, 0.1) is 6.61 Å². The van der Waals surface area contributed by atoms with Crippen LogP contribution in [0.15, 0.2) is 24.3 Å². The normalized spacial score (nSPS) is 12.5. The largest absolute Gasteiger partial charge is 0.539 e. The van der Waals surface area contributed by atoms with E-state index in [-0.39, 0.29) is 5.56 Å². The summed E-state index contributed by atoms with van der Waals surface area (Å²) >= 11 is 0. The van der Waals surface area contributed by atoms with Crippen LogP contribution in [-0.2, 0) is 21.2 Å². The molecule has 0 saturated carbocycles. The van der Waals surface area contributed by atoms with Crippen molar-refractivity contribution >= 4 is 10.4 Å². The molecular formula is C8H7F3O5S. The summed E-state index contributed by atoms with van der Waals surface area (Å²) in [6.45, 7) is -0.586. The first-order valence-corrected chi connectivity index (χ1v) is 5.47. The molecule has 0 fully saturated rings. The molecule has 0 aliphatic rings. The number of aliphatic hydroxyl groups excluding tert-OH is 1. The van der Waals surface area contributed by atoms with Gasteiger partial charge in [0, 0.05) is 5.56 Å². The highest BCUT2D eigenvalue weighted by Gasteiger charge is 2.38. The molecule has 0 amide bonds. The molecule has 96 valence electrons. The van der Waals surface area contributed by atoms with Gasteiger partial charge in [0.15, 0.2) is 5.75 Å². The summed E-state index contributed by atoms with van der Waals surface area (Å²) in [4.78, 5) is 0. The van der Waals surface area contributed by atoms with Crippen LogP contribution in [0.25, 0.3) is 0 Å². The number of hydrogen-bond donors (Lipinski definition) is 1. The summed E-state index contributed by atoms with van der Waals surface area (Å²) in [5, 5.41) is 8.81. The van der Waals surface area contributed by atoms with Crippen LogP contribution in [0.2, 0.25) is 0 Å². The number of rotatable bonds is 4. The second-order valence-corrected chi connectivity index (χ2v) is 3.94. The van der Waals surface area contributed by atoms with E-state index in [2.05, 4.69) is 8.37 Å². The highest BCUT2D eigenvalue weighted by molar-refractivity contribution is 7.82. The molecule has 0 aliphatic carbocycles. The van der Waals surface area contributed by atoms with E-state index in [1.54, 1.807) is 0 Å². The minimum absolute atomic E-state index is 0.0156. The number of halogens is 3. The van der Waals surface area contributed by atoms with Gasteiger partial charge in [-0.05, 0) is 6.07 Å². The molecule has 0 saturated heterocycles. The monoisotopic (exact) mass is 272 g/mol. The van der Waals surface area contributed by atoms with E-state index < -0.39 is 29.1 Å². The predicted molar refractivity (Wildman–Crippen MR) is 49.1 cm³/mol. The third kappa shape index (κ3) is 4.59. The van der Waals surface area contributed by atoms with Crippen LogP contribution in [-0.4, -0.2) is 19.9 Å². The molecule has 0 spiro atoms. The van der Waals surface area contributed by atoms with E-state index in [9.17, 15) is 21.6 Å². The standard InChI is InChI=1S/C8H7F3O5S/c9-8(10,11)16-17(13,14)15-7-4-2-1-3-6(7)5-12/h1-4,12H,5H2. The Labute approximate surface area is 94.7 Å². The van der Waals surface area contributed by atoms with Crippen LogP contribution in [0.5, 0.6) is 5.75 Å². The lowest BCUT2D eigenvalue weighted by Crippen LogP contribution is -2.23. The van der Waals surface area contributed by atoms with Gasteiger partial charge in [0.2, 0.25) is 0 Å². The Morgan fingerprint density at radius 3 is 2.35 bits per heavy atom. The summed E-state index contributed by atoms with van der Waals surface area (Å²) in [6.07, 6.45) is -5.37. The van der Waals surface area contributed by atoms with Crippen LogP contribution < -0.4 is 4.18 Å². The number of hydrogen-bond acceptors (Lipinski definition) is 5. The van der Waals surface area contributed by atoms with Crippen LogP contribution in [0, 0.1) is 0 Å². The molecule has 0 bridgehead atoms. The second kappa shape index (κ2) is 4.90. The van der Waals surface area contributed by atoms with E-state index in [0.29, 0.717) is 0 Å². The highest BCUT2D eigenvalue weighted by atomic mass is 32.3. The molecule has 1 aromatic rings. The molecule has 9 heteroatoms.